The Labute approximate surface area is 99.8 Å². The highest BCUT2D eigenvalue weighted by Crippen LogP contribution is 2.37. The van der Waals surface area contributed by atoms with Gasteiger partial charge in [0.25, 0.3) is 0 Å². The van der Waals surface area contributed by atoms with Crippen molar-refractivity contribution in [2.45, 2.75) is 51.7 Å². The summed E-state index contributed by atoms with van der Waals surface area (Å²) < 4.78 is 5.06. The van der Waals surface area contributed by atoms with Crippen LogP contribution in [0.25, 0.3) is 0 Å². The molecule has 1 aliphatic rings. The number of rotatable bonds is 5. The van der Waals surface area contributed by atoms with Crippen LogP contribution in [0.2, 0.25) is 0 Å². The average molecular weight is 229 g/mol. The van der Waals surface area contributed by atoms with E-state index in [0.717, 1.165) is 32.4 Å². The van der Waals surface area contributed by atoms with Crippen LogP contribution in [0.3, 0.4) is 0 Å². The molecule has 0 spiro atoms. The quantitative estimate of drug-likeness (QED) is 0.731. The molecule has 1 N–H and O–H groups in total. The number of nitrogens with zero attached hydrogens (tertiary/aromatic N) is 1. The molecule has 0 aliphatic heterocycles. The second-order valence-corrected chi connectivity index (χ2v) is 5.72. The SMILES string of the molecule is COCCCN(C)C1CCCC(C)(C)C1O. The lowest BCUT2D eigenvalue weighted by Gasteiger charge is -2.44. The molecule has 2 atom stereocenters. The van der Waals surface area contributed by atoms with Crippen LogP contribution >= 0.6 is 0 Å². The molecule has 0 saturated heterocycles. The van der Waals surface area contributed by atoms with Crippen LogP contribution in [0, 0.1) is 5.41 Å². The Kier molecular flexibility index (Phi) is 5.22. The van der Waals surface area contributed by atoms with Gasteiger partial charge < -0.3 is 14.7 Å². The molecule has 0 heterocycles. The molecule has 1 aliphatic carbocycles. The second kappa shape index (κ2) is 5.99. The highest BCUT2D eigenvalue weighted by molar-refractivity contribution is 4.92. The summed E-state index contributed by atoms with van der Waals surface area (Å²) in [6, 6.07) is 0.320. The van der Waals surface area contributed by atoms with Crippen molar-refractivity contribution in [1.29, 1.82) is 0 Å². The van der Waals surface area contributed by atoms with Crippen LogP contribution in [0.5, 0.6) is 0 Å². The van der Waals surface area contributed by atoms with Gasteiger partial charge >= 0.3 is 0 Å². The predicted octanol–water partition coefficient (Wildman–Crippen LogP) is 1.89. The van der Waals surface area contributed by atoms with Crippen molar-refractivity contribution in [3.63, 3.8) is 0 Å². The second-order valence-electron chi connectivity index (χ2n) is 5.72. The van der Waals surface area contributed by atoms with Crippen molar-refractivity contribution in [2.24, 2.45) is 5.41 Å². The van der Waals surface area contributed by atoms with Crippen LogP contribution in [0.1, 0.15) is 39.5 Å². The molecule has 0 aromatic rings. The molecule has 1 fully saturated rings. The van der Waals surface area contributed by atoms with Gasteiger partial charge in [-0.2, -0.15) is 0 Å². The fraction of sp³-hybridized carbons (Fsp3) is 1.00. The number of hydrogen-bond donors (Lipinski definition) is 1. The average Bonchev–Trinajstić information content (AvgIpc) is 2.22. The molecular weight excluding hydrogens is 202 g/mol. The first-order valence-electron chi connectivity index (χ1n) is 6.36. The Balaban J connectivity index is 2.45. The Hall–Kier alpha value is -0.120. The normalized spacial score (nSPS) is 29.6. The molecule has 96 valence electrons. The summed E-state index contributed by atoms with van der Waals surface area (Å²) >= 11 is 0. The van der Waals surface area contributed by atoms with Crippen molar-refractivity contribution in [1.82, 2.24) is 4.90 Å². The maximum atomic E-state index is 10.4. The number of aliphatic hydroxyl groups is 1. The zero-order chi connectivity index (χ0) is 12.2. The summed E-state index contributed by atoms with van der Waals surface area (Å²) in [4.78, 5) is 2.30. The number of hydrogen-bond acceptors (Lipinski definition) is 3. The summed E-state index contributed by atoms with van der Waals surface area (Å²) in [5.74, 6) is 0. The maximum absolute atomic E-state index is 10.4. The first-order valence-corrected chi connectivity index (χ1v) is 6.36. The highest BCUT2D eigenvalue weighted by atomic mass is 16.5. The van der Waals surface area contributed by atoms with E-state index in [0.29, 0.717) is 6.04 Å². The highest BCUT2D eigenvalue weighted by Gasteiger charge is 2.39. The number of methoxy groups -OCH3 is 1. The molecule has 3 nitrogen and oxygen atoms in total. The topological polar surface area (TPSA) is 32.7 Å². The lowest BCUT2D eigenvalue weighted by molar-refractivity contribution is -0.0513. The summed E-state index contributed by atoms with van der Waals surface area (Å²) in [6.07, 6.45) is 4.32. The molecule has 0 bridgehead atoms. The standard InChI is InChI=1S/C13H27NO2/c1-13(2)8-5-7-11(12(13)15)14(3)9-6-10-16-4/h11-12,15H,5-10H2,1-4H3. The van der Waals surface area contributed by atoms with E-state index in [1.54, 1.807) is 7.11 Å². The third-order valence-electron chi connectivity index (χ3n) is 3.91. The summed E-state index contributed by atoms with van der Waals surface area (Å²) in [6.45, 7) is 6.15. The molecule has 0 aromatic heterocycles. The van der Waals surface area contributed by atoms with E-state index in [4.69, 9.17) is 4.74 Å². The minimum Gasteiger partial charge on any atom is -0.391 e. The van der Waals surface area contributed by atoms with Gasteiger partial charge in [0.05, 0.1) is 6.10 Å². The van der Waals surface area contributed by atoms with E-state index in [1.165, 1.54) is 6.42 Å². The van der Waals surface area contributed by atoms with Gasteiger partial charge in [-0.3, -0.25) is 0 Å². The van der Waals surface area contributed by atoms with Crippen LogP contribution in [-0.2, 0) is 4.74 Å². The molecule has 16 heavy (non-hydrogen) atoms. The van der Waals surface area contributed by atoms with Crippen molar-refractivity contribution < 1.29 is 9.84 Å². The minimum atomic E-state index is -0.200. The first-order chi connectivity index (χ1) is 7.49. The van der Waals surface area contributed by atoms with Crippen molar-refractivity contribution in [3.8, 4) is 0 Å². The van der Waals surface area contributed by atoms with Crippen LogP contribution in [0.15, 0.2) is 0 Å². The zero-order valence-electron chi connectivity index (χ0n) is 11.2. The van der Waals surface area contributed by atoms with E-state index in [2.05, 4.69) is 25.8 Å². The van der Waals surface area contributed by atoms with E-state index in [1.807, 2.05) is 0 Å². The largest absolute Gasteiger partial charge is 0.391 e. The molecule has 1 saturated carbocycles. The Bertz CT molecular complexity index is 206. The molecule has 0 amide bonds. The Morgan fingerprint density at radius 3 is 2.75 bits per heavy atom. The van der Waals surface area contributed by atoms with Gasteiger partial charge in [0.15, 0.2) is 0 Å². The lowest BCUT2D eigenvalue weighted by Crippen LogP contribution is -2.51. The third-order valence-corrected chi connectivity index (χ3v) is 3.91. The van der Waals surface area contributed by atoms with Crippen molar-refractivity contribution in [3.05, 3.63) is 0 Å². The van der Waals surface area contributed by atoms with Crippen LogP contribution in [-0.4, -0.2) is 49.5 Å². The fourth-order valence-corrected chi connectivity index (χ4v) is 2.68. The van der Waals surface area contributed by atoms with E-state index in [-0.39, 0.29) is 11.5 Å². The van der Waals surface area contributed by atoms with Gasteiger partial charge in [-0.15, -0.1) is 0 Å². The monoisotopic (exact) mass is 229 g/mol. The maximum Gasteiger partial charge on any atom is 0.0746 e. The molecule has 0 aromatic carbocycles. The van der Waals surface area contributed by atoms with Gasteiger partial charge in [0.2, 0.25) is 0 Å². The first kappa shape index (κ1) is 13.9. The molecular formula is C13H27NO2. The van der Waals surface area contributed by atoms with Gasteiger partial charge in [0, 0.05) is 26.3 Å². The Morgan fingerprint density at radius 2 is 2.12 bits per heavy atom. The molecule has 1 rings (SSSR count). The molecule has 2 unspecified atom stereocenters. The van der Waals surface area contributed by atoms with E-state index >= 15 is 0 Å². The summed E-state index contributed by atoms with van der Waals surface area (Å²) in [5.41, 5.74) is 0.0679. The van der Waals surface area contributed by atoms with Gasteiger partial charge in [-0.05, 0) is 31.7 Å². The molecule has 3 heteroatoms. The number of ether oxygens (including phenoxy) is 1. The Morgan fingerprint density at radius 1 is 1.44 bits per heavy atom. The predicted molar refractivity (Wildman–Crippen MR) is 66.5 cm³/mol. The lowest BCUT2D eigenvalue weighted by atomic mass is 9.72. The van der Waals surface area contributed by atoms with Crippen LogP contribution in [0.4, 0.5) is 0 Å². The fourth-order valence-electron chi connectivity index (χ4n) is 2.68. The van der Waals surface area contributed by atoms with E-state index in [9.17, 15) is 5.11 Å². The number of aliphatic hydroxyl groups excluding tert-OH is 1. The molecule has 0 radical (unpaired) electrons. The van der Waals surface area contributed by atoms with Crippen molar-refractivity contribution >= 4 is 0 Å². The summed E-state index contributed by atoms with van der Waals surface area (Å²) in [7, 11) is 3.85. The minimum absolute atomic E-state index is 0.0679. The zero-order valence-corrected chi connectivity index (χ0v) is 11.2. The van der Waals surface area contributed by atoms with Crippen molar-refractivity contribution in [2.75, 3.05) is 27.3 Å². The van der Waals surface area contributed by atoms with E-state index < -0.39 is 0 Å². The van der Waals surface area contributed by atoms with Crippen LogP contribution < -0.4 is 0 Å². The van der Waals surface area contributed by atoms with Gasteiger partial charge in [-0.25, -0.2) is 0 Å². The number of likely N-dealkylation sites (N-methyl/N-ethyl adjacent to an activating group) is 1. The summed E-state index contributed by atoms with van der Waals surface area (Å²) in [5, 5.41) is 10.4. The third kappa shape index (κ3) is 3.44. The smallest absolute Gasteiger partial charge is 0.0746 e. The van der Waals surface area contributed by atoms with Gasteiger partial charge in [0.1, 0.15) is 0 Å². The van der Waals surface area contributed by atoms with Gasteiger partial charge in [-0.1, -0.05) is 20.3 Å².